The van der Waals surface area contributed by atoms with E-state index in [1.807, 2.05) is 133 Å². The number of carbonyl (C=O) groups is 11. The van der Waals surface area contributed by atoms with Crippen molar-refractivity contribution in [3.05, 3.63) is 252 Å². The quantitative estimate of drug-likeness (QED) is 0.0174. The highest BCUT2D eigenvalue weighted by atomic mass is 16.2. The average molecular weight is 1930 g/mol. The molecule has 142 heavy (non-hydrogen) atoms. The molecule has 7 aromatic heterocycles. The average Bonchev–Trinajstić information content (AvgIpc) is 1.65. The maximum Gasteiger partial charge on any atom is 0.243 e. The first kappa shape index (κ1) is 99.1. The number of hydrogen-bond acceptors (Lipinski definition) is 15. The van der Waals surface area contributed by atoms with E-state index >= 15 is 52.7 Å². The zero-order chi connectivity index (χ0) is 99.9. The van der Waals surface area contributed by atoms with Crippen molar-refractivity contribution in [2.45, 2.75) is 163 Å². The summed E-state index contributed by atoms with van der Waals surface area (Å²) in [5.74, 6) is -11.9. The number of rotatable bonds is 30. The van der Waals surface area contributed by atoms with Crippen LogP contribution in [0.25, 0.3) is 76.3 Å². The molecule has 14 aromatic rings. The lowest BCUT2D eigenvalue weighted by atomic mass is 9.98. The molecule has 7 aromatic carbocycles. The highest BCUT2D eigenvalue weighted by Crippen LogP contribution is 2.29. The van der Waals surface area contributed by atoms with Gasteiger partial charge in [-0.1, -0.05) is 127 Å². The van der Waals surface area contributed by atoms with Crippen LogP contribution in [0, 0.1) is 21.6 Å². The number of H-pyrrole nitrogens is 7. The molecule has 0 radical (unpaired) electrons. The minimum Gasteiger partial charge on any atom is -0.370 e. The normalized spacial score (nSPS) is 20.0. The predicted octanol–water partition coefficient (Wildman–Crippen LogP) is 3.45. The van der Waals surface area contributed by atoms with Gasteiger partial charge in [0.25, 0.3) is 0 Å². The van der Waals surface area contributed by atoms with Crippen LogP contribution in [0.3, 0.4) is 0 Å². The van der Waals surface area contributed by atoms with Gasteiger partial charge in [-0.05, 0) is 133 Å². The summed E-state index contributed by atoms with van der Waals surface area (Å²) in [5, 5.41) is 79.7. The van der Waals surface area contributed by atoms with Crippen LogP contribution in [0.2, 0.25) is 0 Å². The molecule has 8 heterocycles. The third-order valence-electron chi connectivity index (χ3n) is 25.6. The van der Waals surface area contributed by atoms with Crippen molar-refractivity contribution >= 4 is 165 Å². The number of carbonyl (C=O) groups excluding carboxylic acids is 11. The topological polar surface area (TPSA) is 678 Å². The lowest BCUT2D eigenvalue weighted by Gasteiger charge is -2.29. The summed E-state index contributed by atoms with van der Waals surface area (Å²) in [6, 6.07) is 33.1. The second-order valence-electron chi connectivity index (χ2n) is 35.5. The molecule has 0 aliphatic carbocycles. The fourth-order valence-electron chi connectivity index (χ4n) is 18.3. The molecule has 11 atom stereocenters. The van der Waals surface area contributed by atoms with Crippen molar-refractivity contribution in [2.24, 2.45) is 22.9 Å². The minimum atomic E-state index is -1.63. The molecule has 34 N–H and O–H groups in total. The van der Waals surface area contributed by atoms with E-state index in [4.69, 9.17) is 44.6 Å². The van der Waals surface area contributed by atoms with Gasteiger partial charge >= 0.3 is 0 Å². The lowest BCUT2D eigenvalue weighted by Crippen LogP contribution is -2.62. The third-order valence-corrected chi connectivity index (χ3v) is 25.6. The largest absolute Gasteiger partial charge is 0.370 e. The maximum absolute atomic E-state index is 16.4. The van der Waals surface area contributed by atoms with Gasteiger partial charge in [-0.25, -0.2) is 0 Å². The van der Waals surface area contributed by atoms with Crippen molar-refractivity contribution in [3.8, 4) is 0 Å². The van der Waals surface area contributed by atoms with Crippen molar-refractivity contribution in [3.63, 3.8) is 0 Å². The number of amides is 11. The van der Waals surface area contributed by atoms with E-state index in [1.165, 1.54) is 0 Å². The molecule has 0 bridgehead atoms. The number of benzene rings is 7. The van der Waals surface area contributed by atoms with Crippen molar-refractivity contribution in [1.29, 1.82) is 21.6 Å². The standard InChI is InChI=1S/C101H118N30O11/c102-98(103)110-37-15-33-76-87(132)121-77(34-16-38-111-99(104)105)88(133)123-79(36-18-40-113-101(108)109)90(135)125-81(42-56-49-115-70-27-9-2-20-63(56)70)92(137)127-83(44-58-51-117-72-29-11-4-22-65(58)72)94(139)129-85(46-60-53-119-74-31-13-6-24-67(60)74)96(141)131-86(47-61-54-120-75-32-14-7-25-68(61)75)97(142)130-84(45-59-52-118-73-30-12-5-23-66(59)73)95(140)128-82(43-57-50-116-71-28-10-3-21-64(57)71)93(138)126-80(41-55-48-114-69-26-8-1-19-62(55)69)91(136)124-78(89(134)122-76)35-17-39-112-100(106)107/h1-14,19-32,48-54,76-86,114-120H,15-18,33-47H2,(H,121,132)(H,122,134)(H,123,133)(H,124,136)(H,125,135)(H,126,138)(H,127,137)(H,128,140)(H,129,139)(H,130,142)(H,131,141)(H4,102,103,110)(H4,104,105,111)(H4,106,107,112)(H4,108,109,113)/t76-,77-,78-,79-,80-,81-,82-,83-,84-,85-,86-/m0/s1. The minimum absolute atomic E-state index is 0.0145. The van der Waals surface area contributed by atoms with Gasteiger partial charge in [-0.3, -0.25) is 74.4 Å². The van der Waals surface area contributed by atoms with Crippen LogP contribution in [-0.2, 0) is 97.7 Å². The van der Waals surface area contributed by atoms with Crippen molar-refractivity contribution in [2.75, 3.05) is 26.2 Å². The zero-order valence-corrected chi connectivity index (χ0v) is 77.8. The van der Waals surface area contributed by atoms with Gasteiger partial charge in [0.05, 0.1) is 0 Å². The monoisotopic (exact) mass is 1930 g/mol. The Kier molecular flexibility index (Phi) is 32.5. The van der Waals surface area contributed by atoms with E-state index < -0.39 is 155 Å². The van der Waals surface area contributed by atoms with Gasteiger partial charge in [0, 0.05) is 191 Å². The summed E-state index contributed by atoms with van der Waals surface area (Å²) in [7, 11) is 0. The number of aromatic amines is 7. The molecule has 41 nitrogen and oxygen atoms in total. The molecule has 0 saturated carbocycles. The van der Waals surface area contributed by atoms with Crippen LogP contribution >= 0.6 is 0 Å². The van der Waals surface area contributed by atoms with E-state index in [2.05, 4.69) is 115 Å². The molecule has 738 valence electrons. The number of fused-ring (bicyclic) bond motifs is 7. The van der Waals surface area contributed by atoms with Gasteiger partial charge in [-0.2, -0.15) is 0 Å². The number of guanidine groups is 4. The van der Waals surface area contributed by atoms with Gasteiger partial charge in [0.2, 0.25) is 65.0 Å². The molecule has 1 aliphatic heterocycles. The summed E-state index contributed by atoms with van der Waals surface area (Å²) in [5.41, 5.74) is 31.5. The van der Waals surface area contributed by atoms with Crippen LogP contribution in [0.15, 0.2) is 213 Å². The highest BCUT2D eigenvalue weighted by Gasteiger charge is 2.40. The maximum atomic E-state index is 16.4. The summed E-state index contributed by atoms with van der Waals surface area (Å²) < 4.78 is 0. The number of hydrogen-bond donors (Lipinski definition) is 30. The number of aromatic nitrogens is 7. The van der Waals surface area contributed by atoms with E-state index in [1.54, 1.807) is 79.8 Å². The van der Waals surface area contributed by atoms with Crippen LogP contribution in [0.5, 0.6) is 0 Å². The van der Waals surface area contributed by atoms with Crippen LogP contribution in [0.1, 0.15) is 90.3 Å². The van der Waals surface area contributed by atoms with E-state index in [-0.39, 0.29) is 122 Å². The molecular formula is C101H118N30O11. The Hall–Kier alpha value is -17.4. The number of nitrogens with one attached hydrogen (secondary N) is 26. The Bertz CT molecular complexity index is 6720. The van der Waals surface area contributed by atoms with E-state index in [0.717, 1.165) is 0 Å². The molecular weight excluding hydrogens is 1810 g/mol. The van der Waals surface area contributed by atoms with Crippen molar-refractivity contribution in [1.82, 2.24) is 115 Å². The lowest BCUT2D eigenvalue weighted by molar-refractivity contribution is -0.136. The Morgan fingerprint density at radius 1 is 0.204 bits per heavy atom. The Labute approximate surface area is 814 Å². The van der Waals surface area contributed by atoms with Crippen LogP contribution in [-0.4, -0.2) is 216 Å². The Morgan fingerprint density at radius 3 is 0.472 bits per heavy atom. The Morgan fingerprint density at radius 2 is 0.331 bits per heavy atom. The third kappa shape index (κ3) is 25.5. The van der Waals surface area contributed by atoms with Gasteiger partial charge in [0.15, 0.2) is 23.8 Å². The first-order valence-corrected chi connectivity index (χ1v) is 47.2. The predicted molar refractivity (Wildman–Crippen MR) is 542 cm³/mol. The number of nitrogens with two attached hydrogens (primary N) is 4. The first-order valence-electron chi connectivity index (χ1n) is 47.2. The molecule has 15 rings (SSSR count). The first-order chi connectivity index (χ1) is 68.7. The SMILES string of the molecule is N=C(N)NCCC[C@@H]1NC(=O)[C@H](CCCNC(=N)N)NC(=O)[C@H](CCCNC(=N)N)NC(=O)[C@H](Cc2c[nH]c3ccccc23)NC(=O)[C@H](Cc2c[nH]c3ccccc23)NC(=O)[C@H](Cc2c[nH]c3ccccc23)NC(=O)[C@H](Cc2c[nH]c3ccccc23)NC(=O)[C@H](Cc2c[nH]c3ccccc23)NC(=O)[C@H](Cc2c[nH]c3ccccc23)NC(=O)[C@H](Cc2c[nH]c3ccccc23)NC(=O)[C@H](CCCNC(=N)N)NC1=O. The fourth-order valence-corrected chi connectivity index (χ4v) is 18.3. The highest BCUT2D eigenvalue weighted by molar-refractivity contribution is 6.03. The molecule has 1 fully saturated rings. The molecule has 11 amide bonds. The summed E-state index contributed by atoms with van der Waals surface area (Å²) in [4.78, 5) is 200. The molecule has 1 saturated heterocycles. The van der Waals surface area contributed by atoms with Crippen LogP contribution in [0.4, 0.5) is 0 Å². The van der Waals surface area contributed by atoms with Crippen LogP contribution < -0.4 is 103 Å². The smallest absolute Gasteiger partial charge is 0.243 e. The van der Waals surface area contributed by atoms with Crippen molar-refractivity contribution < 1.29 is 52.7 Å². The Balaban J connectivity index is 0.875. The zero-order valence-electron chi connectivity index (χ0n) is 77.8. The molecule has 0 unspecified atom stereocenters. The van der Waals surface area contributed by atoms with E-state index in [0.29, 0.717) is 115 Å². The molecule has 0 spiro atoms. The van der Waals surface area contributed by atoms with Gasteiger partial charge < -0.3 is 138 Å². The molecule has 1 aliphatic rings. The second-order valence-corrected chi connectivity index (χ2v) is 35.5. The second kappa shape index (κ2) is 46.6. The van der Waals surface area contributed by atoms with Gasteiger partial charge in [0.1, 0.15) is 66.5 Å². The summed E-state index contributed by atoms with van der Waals surface area (Å²) in [6.07, 6.45) is 9.15. The van der Waals surface area contributed by atoms with Gasteiger partial charge in [-0.15, -0.1) is 0 Å². The fraction of sp³-hybridized carbons (Fsp3) is 0.297. The van der Waals surface area contributed by atoms with E-state index in [9.17, 15) is 0 Å². The summed E-state index contributed by atoms with van der Waals surface area (Å²) >= 11 is 0. The molecule has 41 heteroatoms. The summed E-state index contributed by atoms with van der Waals surface area (Å²) in [6.45, 7) is -0.0691. The number of para-hydroxylation sites is 7.